The first-order chi connectivity index (χ1) is 6.22. The van der Waals surface area contributed by atoms with Crippen molar-refractivity contribution in [2.24, 2.45) is 5.92 Å². The molecule has 0 bridgehead atoms. The van der Waals surface area contributed by atoms with E-state index in [1.807, 2.05) is 12.2 Å². The third-order valence-corrected chi connectivity index (χ3v) is 2.84. The molecule has 0 aromatic carbocycles. The van der Waals surface area contributed by atoms with Crippen LogP contribution < -0.4 is 0 Å². The average Bonchev–Trinajstić information content (AvgIpc) is 2.43. The van der Waals surface area contributed by atoms with Crippen LogP contribution in [0.5, 0.6) is 0 Å². The highest BCUT2D eigenvalue weighted by molar-refractivity contribution is 5.78. The molecule has 0 radical (unpaired) electrons. The number of nitrogens with zero attached hydrogens (tertiary/aromatic N) is 1. The van der Waals surface area contributed by atoms with Gasteiger partial charge in [0.05, 0.1) is 6.04 Å². The van der Waals surface area contributed by atoms with Crippen molar-refractivity contribution in [1.82, 2.24) is 4.90 Å². The van der Waals surface area contributed by atoms with Crippen molar-refractivity contribution < 1.29 is 4.79 Å². The summed E-state index contributed by atoms with van der Waals surface area (Å²) >= 11 is 0. The molecule has 0 spiro atoms. The maximum atomic E-state index is 10.6. The summed E-state index contributed by atoms with van der Waals surface area (Å²) in [5, 5.41) is 0. The van der Waals surface area contributed by atoms with Crippen LogP contribution in [-0.4, -0.2) is 24.3 Å². The molecule has 1 heterocycles. The molecule has 1 aliphatic heterocycles. The molecule has 2 nitrogen and oxygen atoms in total. The molecular weight excluding hydrogens is 162 g/mol. The first-order valence-corrected chi connectivity index (χ1v) is 4.49. The zero-order chi connectivity index (χ0) is 9.42. The highest BCUT2D eigenvalue weighted by Gasteiger charge is 2.28. The van der Waals surface area contributed by atoms with E-state index in [-0.39, 0.29) is 0 Å². The molecule has 2 unspecified atom stereocenters. The Labute approximate surface area is 78.2 Å². The number of hydrogen-bond donors (Lipinski definition) is 0. The van der Waals surface area contributed by atoms with Gasteiger partial charge in [0.25, 0.3) is 0 Å². The molecule has 0 aromatic rings. The molecule has 2 heteroatoms. The maximum Gasteiger partial charge on any atom is 0.149 e. The van der Waals surface area contributed by atoms with Gasteiger partial charge in [0.15, 0.2) is 0 Å². The van der Waals surface area contributed by atoms with E-state index >= 15 is 0 Å². The van der Waals surface area contributed by atoms with Crippen molar-refractivity contribution in [1.29, 1.82) is 0 Å². The fraction of sp³-hybridized carbons (Fsp3) is 0.364. The summed E-state index contributed by atoms with van der Waals surface area (Å²) < 4.78 is 0. The second-order valence-corrected chi connectivity index (χ2v) is 3.63. The molecule has 2 aliphatic rings. The van der Waals surface area contributed by atoms with Crippen molar-refractivity contribution in [3.63, 3.8) is 0 Å². The number of carbonyl (C=O) groups is 1. The molecule has 0 N–H and O–H groups in total. The van der Waals surface area contributed by atoms with Crippen LogP contribution in [0.15, 0.2) is 35.6 Å². The number of likely N-dealkylation sites (N-methyl/N-ethyl adjacent to an activating group) is 1. The zero-order valence-electron chi connectivity index (χ0n) is 7.90. The highest BCUT2D eigenvalue weighted by atomic mass is 16.1. The largest absolute Gasteiger partial charge is 0.371 e. The summed E-state index contributed by atoms with van der Waals surface area (Å²) in [6.07, 6.45) is 9.18. The van der Waals surface area contributed by atoms with Gasteiger partial charge in [0.1, 0.15) is 6.29 Å². The second kappa shape index (κ2) is 2.87. The van der Waals surface area contributed by atoms with Gasteiger partial charge in [-0.15, -0.1) is 0 Å². The van der Waals surface area contributed by atoms with E-state index < -0.39 is 0 Å². The Hall–Kier alpha value is -1.31. The van der Waals surface area contributed by atoms with E-state index in [9.17, 15) is 4.79 Å². The Morgan fingerprint density at radius 1 is 1.46 bits per heavy atom. The van der Waals surface area contributed by atoms with Gasteiger partial charge < -0.3 is 4.90 Å². The lowest BCUT2D eigenvalue weighted by molar-refractivity contribution is -0.104. The number of carbonyl (C=O) groups excluding carboxylic acids is 1. The third kappa shape index (κ3) is 1.22. The summed E-state index contributed by atoms with van der Waals surface area (Å²) in [5.74, 6) is 0.452. The maximum absolute atomic E-state index is 10.6. The van der Waals surface area contributed by atoms with Gasteiger partial charge in [-0.3, -0.25) is 4.79 Å². The predicted molar refractivity (Wildman–Crippen MR) is 52.1 cm³/mol. The summed E-state index contributed by atoms with van der Waals surface area (Å²) in [7, 11) is 2.06. The lowest BCUT2D eigenvalue weighted by atomic mass is 9.94. The number of hydrogen-bond acceptors (Lipinski definition) is 2. The normalized spacial score (nSPS) is 31.1. The molecule has 2 atom stereocenters. The van der Waals surface area contributed by atoms with Crippen LogP contribution in [0.3, 0.4) is 0 Å². The molecule has 0 aromatic heterocycles. The Morgan fingerprint density at radius 2 is 2.23 bits per heavy atom. The van der Waals surface area contributed by atoms with Crippen LogP contribution in [0.2, 0.25) is 0 Å². The molecule has 68 valence electrons. The van der Waals surface area contributed by atoms with Crippen LogP contribution in [0.1, 0.15) is 6.92 Å². The lowest BCUT2D eigenvalue weighted by Crippen LogP contribution is -2.29. The van der Waals surface area contributed by atoms with Crippen LogP contribution >= 0.6 is 0 Å². The van der Waals surface area contributed by atoms with Crippen molar-refractivity contribution >= 4 is 6.29 Å². The van der Waals surface area contributed by atoms with E-state index in [2.05, 4.69) is 31.0 Å². The highest BCUT2D eigenvalue weighted by Crippen LogP contribution is 2.30. The Balaban J connectivity index is 2.30. The summed E-state index contributed by atoms with van der Waals surface area (Å²) in [6.45, 7) is 2.10. The smallest absolute Gasteiger partial charge is 0.149 e. The van der Waals surface area contributed by atoms with E-state index in [1.54, 1.807) is 0 Å². The third-order valence-electron chi connectivity index (χ3n) is 2.84. The van der Waals surface area contributed by atoms with E-state index in [0.29, 0.717) is 12.0 Å². The molecule has 13 heavy (non-hydrogen) atoms. The number of rotatable bonds is 1. The molecule has 2 rings (SSSR count). The van der Waals surface area contributed by atoms with E-state index in [4.69, 9.17) is 0 Å². The first-order valence-electron chi connectivity index (χ1n) is 4.49. The molecule has 1 aliphatic carbocycles. The van der Waals surface area contributed by atoms with Crippen molar-refractivity contribution in [2.75, 3.05) is 7.05 Å². The van der Waals surface area contributed by atoms with Crippen LogP contribution in [0.4, 0.5) is 0 Å². The molecule has 0 saturated heterocycles. The van der Waals surface area contributed by atoms with Crippen molar-refractivity contribution in [2.45, 2.75) is 13.0 Å². The number of allylic oxidation sites excluding steroid dienone is 3. The second-order valence-electron chi connectivity index (χ2n) is 3.63. The van der Waals surface area contributed by atoms with Gasteiger partial charge in [-0.1, -0.05) is 24.3 Å². The Kier molecular flexibility index (Phi) is 1.83. The van der Waals surface area contributed by atoms with Gasteiger partial charge in [-0.2, -0.15) is 0 Å². The molecule has 0 saturated carbocycles. The quantitative estimate of drug-likeness (QED) is 0.563. The van der Waals surface area contributed by atoms with E-state index in [0.717, 1.165) is 11.9 Å². The van der Waals surface area contributed by atoms with Crippen LogP contribution in [0, 0.1) is 5.92 Å². The van der Waals surface area contributed by atoms with Gasteiger partial charge in [0, 0.05) is 24.2 Å². The zero-order valence-corrected chi connectivity index (χ0v) is 7.90. The van der Waals surface area contributed by atoms with Gasteiger partial charge in [0.2, 0.25) is 0 Å². The van der Waals surface area contributed by atoms with Crippen molar-refractivity contribution in [3.05, 3.63) is 35.6 Å². The molecule has 0 amide bonds. The predicted octanol–water partition coefficient (Wildman–Crippen LogP) is 1.52. The fourth-order valence-electron chi connectivity index (χ4n) is 1.93. The molecule has 0 fully saturated rings. The SMILES string of the molecule is CC1=CC2C=CC(C=O)=CC2N1C. The minimum atomic E-state index is 0.352. The fourth-order valence-corrected chi connectivity index (χ4v) is 1.93. The Morgan fingerprint density at radius 3 is 2.92 bits per heavy atom. The summed E-state index contributed by atoms with van der Waals surface area (Å²) in [6, 6.07) is 0.352. The van der Waals surface area contributed by atoms with Crippen LogP contribution in [-0.2, 0) is 4.79 Å². The van der Waals surface area contributed by atoms with Gasteiger partial charge >= 0.3 is 0 Å². The number of aldehydes is 1. The first kappa shape index (κ1) is 8.30. The van der Waals surface area contributed by atoms with Crippen LogP contribution in [0.25, 0.3) is 0 Å². The average molecular weight is 175 g/mol. The minimum absolute atomic E-state index is 0.352. The lowest BCUT2D eigenvalue weighted by Gasteiger charge is -2.26. The van der Waals surface area contributed by atoms with Gasteiger partial charge in [-0.05, 0) is 6.92 Å². The van der Waals surface area contributed by atoms with E-state index in [1.165, 1.54) is 5.70 Å². The minimum Gasteiger partial charge on any atom is -0.371 e. The number of fused-ring (bicyclic) bond motifs is 1. The topological polar surface area (TPSA) is 20.3 Å². The summed E-state index contributed by atoms with van der Waals surface area (Å²) in [4.78, 5) is 12.8. The monoisotopic (exact) mass is 175 g/mol. The van der Waals surface area contributed by atoms with Gasteiger partial charge in [-0.25, -0.2) is 0 Å². The Bertz CT molecular complexity index is 325. The summed E-state index contributed by atoms with van der Waals surface area (Å²) in [5.41, 5.74) is 2.07. The standard InChI is InChI=1S/C11H13NO/c1-8-5-10-4-3-9(7-13)6-11(10)12(8)2/h3-7,10-11H,1-2H3. The molecular formula is C11H13NO. The van der Waals surface area contributed by atoms with Crippen molar-refractivity contribution in [3.8, 4) is 0 Å².